The van der Waals surface area contributed by atoms with E-state index in [1.165, 1.54) is 25.3 Å². The molecule has 21 heavy (non-hydrogen) atoms. The molecule has 0 atom stereocenters. The van der Waals surface area contributed by atoms with Crippen LogP contribution in [0.1, 0.15) is 55.9 Å². The van der Waals surface area contributed by atoms with Gasteiger partial charge in [-0.25, -0.2) is 0 Å². The third-order valence-corrected chi connectivity index (χ3v) is 3.40. The van der Waals surface area contributed by atoms with Crippen molar-refractivity contribution in [2.24, 2.45) is 0 Å². The Balaban J connectivity index is 2.59. The number of hydrogen-bond acceptors (Lipinski definition) is 3. The van der Waals surface area contributed by atoms with E-state index >= 15 is 0 Å². The molecule has 0 aliphatic rings. The number of hydrogen-bond donors (Lipinski definition) is 2. The van der Waals surface area contributed by atoms with Gasteiger partial charge in [-0.3, -0.25) is 9.59 Å². The summed E-state index contributed by atoms with van der Waals surface area (Å²) in [7, 11) is 0. The van der Waals surface area contributed by atoms with Gasteiger partial charge in [0.15, 0.2) is 0 Å². The van der Waals surface area contributed by atoms with E-state index in [2.05, 4.69) is 11.9 Å². The summed E-state index contributed by atoms with van der Waals surface area (Å²) < 4.78 is 0. The average Bonchev–Trinajstić information content (AvgIpc) is 2.49. The Morgan fingerprint density at radius 2 is 1.86 bits per heavy atom. The molecular formula is C16H26N2O3. The molecule has 1 aromatic heterocycles. The summed E-state index contributed by atoms with van der Waals surface area (Å²) in [5.74, 6) is -0.170. The molecule has 0 unspecified atom stereocenters. The zero-order valence-corrected chi connectivity index (χ0v) is 12.8. The van der Waals surface area contributed by atoms with Crippen molar-refractivity contribution in [3.8, 4) is 0 Å². The number of pyridine rings is 1. The number of nitrogens with one attached hydrogen (secondary N) is 1. The van der Waals surface area contributed by atoms with Gasteiger partial charge in [-0.2, -0.15) is 0 Å². The van der Waals surface area contributed by atoms with E-state index in [-0.39, 0.29) is 18.1 Å². The maximum absolute atomic E-state index is 12.4. The molecular weight excluding hydrogens is 268 g/mol. The summed E-state index contributed by atoms with van der Waals surface area (Å²) >= 11 is 0. The number of aliphatic hydroxyl groups excluding tert-OH is 1. The van der Waals surface area contributed by atoms with Crippen molar-refractivity contribution in [3.63, 3.8) is 0 Å². The lowest BCUT2D eigenvalue weighted by atomic mass is 10.1. The van der Waals surface area contributed by atoms with Crippen LogP contribution in [-0.2, 0) is 0 Å². The number of aliphatic hydroxyl groups is 1. The minimum absolute atomic E-state index is 0.0604. The fourth-order valence-electron chi connectivity index (χ4n) is 2.23. The lowest BCUT2D eigenvalue weighted by Crippen LogP contribution is -2.34. The Morgan fingerprint density at radius 1 is 1.14 bits per heavy atom. The zero-order chi connectivity index (χ0) is 15.5. The minimum atomic E-state index is -0.272. The smallest absolute Gasteiger partial charge is 0.270 e. The molecule has 5 heteroatoms. The van der Waals surface area contributed by atoms with Gasteiger partial charge in [0.05, 0.1) is 0 Å². The number of unbranched alkanes of at least 4 members (excludes halogenated alkanes) is 4. The quantitative estimate of drug-likeness (QED) is 0.650. The Labute approximate surface area is 126 Å². The van der Waals surface area contributed by atoms with Crippen molar-refractivity contribution < 1.29 is 9.90 Å². The molecule has 1 aromatic rings. The average molecular weight is 294 g/mol. The SMILES string of the molecule is CCCCCCCN(CCCO)C(=O)c1cccc(=O)[nH]1. The Kier molecular flexibility index (Phi) is 8.43. The largest absolute Gasteiger partial charge is 0.396 e. The highest BCUT2D eigenvalue weighted by atomic mass is 16.3. The highest BCUT2D eigenvalue weighted by Crippen LogP contribution is 2.07. The number of H-pyrrole nitrogens is 1. The van der Waals surface area contributed by atoms with Crippen LogP contribution in [0, 0.1) is 0 Å². The van der Waals surface area contributed by atoms with Crippen LogP contribution in [0.3, 0.4) is 0 Å². The fraction of sp³-hybridized carbons (Fsp3) is 0.625. The van der Waals surface area contributed by atoms with Crippen LogP contribution in [0.25, 0.3) is 0 Å². The summed E-state index contributed by atoms with van der Waals surface area (Å²) in [6.45, 7) is 3.41. The summed E-state index contributed by atoms with van der Waals surface area (Å²) in [6.07, 6.45) is 6.20. The molecule has 0 saturated carbocycles. The molecule has 0 aromatic carbocycles. The van der Waals surface area contributed by atoms with Crippen LogP contribution in [0.2, 0.25) is 0 Å². The predicted octanol–water partition coefficient (Wildman–Crippen LogP) is 2.17. The lowest BCUT2D eigenvalue weighted by molar-refractivity contribution is 0.0735. The van der Waals surface area contributed by atoms with Crippen LogP contribution >= 0.6 is 0 Å². The Bertz CT molecular complexity index is 471. The van der Waals surface area contributed by atoms with E-state index in [0.717, 1.165) is 12.8 Å². The normalized spacial score (nSPS) is 10.6. The fourth-order valence-corrected chi connectivity index (χ4v) is 2.23. The van der Waals surface area contributed by atoms with Crippen molar-refractivity contribution in [2.45, 2.75) is 45.4 Å². The van der Waals surface area contributed by atoms with Gasteiger partial charge >= 0.3 is 0 Å². The van der Waals surface area contributed by atoms with Crippen molar-refractivity contribution in [1.29, 1.82) is 0 Å². The number of aromatic nitrogens is 1. The number of rotatable bonds is 10. The molecule has 1 heterocycles. The summed E-state index contributed by atoms with van der Waals surface area (Å²) in [6, 6.07) is 4.59. The number of carbonyl (C=O) groups is 1. The van der Waals surface area contributed by atoms with Crippen molar-refractivity contribution >= 4 is 5.91 Å². The molecule has 0 aliphatic heterocycles. The molecule has 1 rings (SSSR count). The van der Waals surface area contributed by atoms with Crippen molar-refractivity contribution in [1.82, 2.24) is 9.88 Å². The maximum Gasteiger partial charge on any atom is 0.270 e. The van der Waals surface area contributed by atoms with E-state index in [9.17, 15) is 9.59 Å². The second-order valence-electron chi connectivity index (χ2n) is 5.21. The molecule has 0 spiro atoms. The molecule has 0 fully saturated rings. The highest BCUT2D eigenvalue weighted by molar-refractivity contribution is 5.92. The van der Waals surface area contributed by atoms with Crippen LogP contribution in [0.15, 0.2) is 23.0 Å². The number of amides is 1. The van der Waals surface area contributed by atoms with Gasteiger partial charge in [0.1, 0.15) is 5.69 Å². The standard InChI is InChI=1S/C16H26N2O3/c1-2-3-4-5-6-11-18(12-8-13-19)16(21)14-9-7-10-15(20)17-14/h7,9-10,19H,2-6,8,11-13H2,1H3,(H,17,20). The van der Waals surface area contributed by atoms with Crippen LogP contribution < -0.4 is 5.56 Å². The molecule has 0 aliphatic carbocycles. The van der Waals surface area contributed by atoms with Gasteiger partial charge in [0, 0.05) is 25.8 Å². The van der Waals surface area contributed by atoms with Crippen molar-refractivity contribution in [3.05, 3.63) is 34.2 Å². The van der Waals surface area contributed by atoms with Crippen molar-refractivity contribution in [2.75, 3.05) is 19.7 Å². The first-order valence-corrected chi connectivity index (χ1v) is 7.78. The topological polar surface area (TPSA) is 73.4 Å². The predicted molar refractivity (Wildman–Crippen MR) is 83.4 cm³/mol. The summed E-state index contributed by atoms with van der Waals surface area (Å²) in [5.41, 5.74) is 0.0416. The minimum Gasteiger partial charge on any atom is -0.396 e. The summed E-state index contributed by atoms with van der Waals surface area (Å²) in [5, 5.41) is 8.96. The number of carbonyl (C=O) groups excluding carboxylic acids is 1. The third kappa shape index (κ3) is 6.58. The first-order chi connectivity index (χ1) is 10.2. The lowest BCUT2D eigenvalue weighted by Gasteiger charge is -2.22. The summed E-state index contributed by atoms with van der Waals surface area (Å²) in [4.78, 5) is 28.0. The van der Waals surface area contributed by atoms with Crippen LogP contribution in [0.5, 0.6) is 0 Å². The molecule has 0 radical (unpaired) electrons. The third-order valence-electron chi connectivity index (χ3n) is 3.40. The van der Waals surface area contributed by atoms with Gasteiger partial charge < -0.3 is 15.0 Å². The second-order valence-corrected chi connectivity index (χ2v) is 5.21. The molecule has 5 nitrogen and oxygen atoms in total. The highest BCUT2D eigenvalue weighted by Gasteiger charge is 2.15. The Morgan fingerprint density at radius 3 is 2.52 bits per heavy atom. The monoisotopic (exact) mass is 294 g/mol. The second kappa shape index (κ2) is 10.2. The zero-order valence-electron chi connectivity index (χ0n) is 12.8. The van der Waals surface area contributed by atoms with Gasteiger partial charge in [0.2, 0.25) is 5.56 Å². The number of nitrogens with zero attached hydrogens (tertiary/aromatic N) is 1. The first-order valence-electron chi connectivity index (χ1n) is 7.78. The molecule has 1 amide bonds. The van der Waals surface area contributed by atoms with Crippen LogP contribution in [-0.4, -0.2) is 40.6 Å². The maximum atomic E-state index is 12.4. The molecule has 0 bridgehead atoms. The molecule has 118 valence electrons. The van der Waals surface area contributed by atoms with Gasteiger partial charge in [0.25, 0.3) is 5.91 Å². The van der Waals surface area contributed by atoms with E-state index in [0.29, 0.717) is 25.2 Å². The van der Waals surface area contributed by atoms with E-state index in [1.54, 1.807) is 17.0 Å². The van der Waals surface area contributed by atoms with Gasteiger partial charge in [-0.05, 0) is 18.9 Å². The molecule has 0 saturated heterocycles. The van der Waals surface area contributed by atoms with E-state index in [1.807, 2.05) is 0 Å². The Hall–Kier alpha value is -1.62. The van der Waals surface area contributed by atoms with Crippen LogP contribution in [0.4, 0.5) is 0 Å². The number of aromatic amines is 1. The molecule has 2 N–H and O–H groups in total. The van der Waals surface area contributed by atoms with Gasteiger partial charge in [-0.1, -0.05) is 38.7 Å². The van der Waals surface area contributed by atoms with Gasteiger partial charge in [-0.15, -0.1) is 0 Å². The van der Waals surface area contributed by atoms with E-state index in [4.69, 9.17) is 5.11 Å². The van der Waals surface area contributed by atoms with E-state index < -0.39 is 0 Å². The first kappa shape index (κ1) is 17.4.